The molecule has 2 fully saturated rings. The second kappa shape index (κ2) is 7.63. The third-order valence-electron chi connectivity index (χ3n) is 6.18. The molecule has 2 aliphatic carbocycles. The Kier molecular flexibility index (Phi) is 4.81. The summed E-state index contributed by atoms with van der Waals surface area (Å²) in [5.41, 5.74) is 1.62. The highest BCUT2D eigenvalue weighted by molar-refractivity contribution is 5.97. The van der Waals surface area contributed by atoms with Crippen LogP contribution in [0.1, 0.15) is 55.5 Å². The first-order chi connectivity index (χ1) is 14.6. The smallest absolute Gasteiger partial charge is 0.287 e. The largest absolute Gasteiger partial charge is 0.507 e. The summed E-state index contributed by atoms with van der Waals surface area (Å²) >= 11 is 0. The summed E-state index contributed by atoms with van der Waals surface area (Å²) in [6.45, 7) is 0. The average molecular weight is 406 g/mol. The zero-order valence-electron chi connectivity index (χ0n) is 17.1. The Hall–Kier alpha value is -3.09. The van der Waals surface area contributed by atoms with Gasteiger partial charge in [0.1, 0.15) is 11.3 Å². The van der Waals surface area contributed by atoms with Gasteiger partial charge in [0, 0.05) is 36.1 Å². The summed E-state index contributed by atoms with van der Waals surface area (Å²) in [4.78, 5) is 14.5. The molecule has 5 rings (SSSR count). The van der Waals surface area contributed by atoms with E-state index in [9.17, 15) is 9.90 Å². The maximum Gasteiger partial charge on any atom is 0.287 e. The van der Waals surface area contributed by atoms with Crippen molar-refractivity contribution in [3.05, 3.63) is 36.1 Å². The first-order valence-electron chi connectivity index (χ1n) is 10.7. The minimum absolute atomic E-state index is 0.0497. The highest BCUT2D eigenvalue weighted by Crippen LogP contribution is 2.34. The van der Waals surface area contributed by atoms with Crippen LogP contribution in [-0.4, -0.2) is 40.3 Å². The lowest BCUT2D eigenvalue weighted by atomic mass is 9.94. The minimum atomic E-state index is -0.218. The predicted molar refractivity (Wildman–Crippen MR) is 115 cm³/mol. The zero-order valence-corrected chi connectivity index (χ0v) is 17.1. The Labute approximate surface area is 175 Å². The van der Waals surface area contributed by atoms with Crippen molar-refractivity contribution in [1.29, 1.82) is 0 Å². The Morgan fingerprint density at radius 3 is 2.60 bits per heavy atom. The molecule has 1 aromatic carbocycles. The molecule has 0 aliphatic heterocycles. The van der Waals surface area contributed by atoms with Crippen LogP contribution in [0.5, 0.6) is 5.75 Å². The molecule has 2 heterocycles. The number of phenolic OH excluding ortho intramolecular Hbond substituents is 1. The summed E-state index contributed by atoms with van der Waals surface area (Å²) in [5, 5.41) is 22.9. The fourth-order valence-electron chi connectivity index (χ4n) is 4.19. The van der Waals surface area contributed by atoms with Crippen LogP contribution in [0.4, 0.5) is 5.82 Å². The van der Waals surface area contributed by atoms with E-state index in [0.29, 0.717) is 22.9 Å². The number of furan rings is 1. The van der Waals surface area contributed by atoms with Crippen LogP contribution < -0.4 is 10.2 Å². The molecular formula is C23H26N4O3. The molecule has 2 aliphatic rings. The van der Waals surface area contributed by atoms with Gasteiger partial charge in [-0.3, -0.25) is 4.79 Å². The van der Waals surface area contributed by atoms with E-state index < -0.39 is 0 Å². The number of aromatic nitrogens is 2. The van der Waals surface area contributed by atoms with Gasteiger partial charge in [-0.25, -0.2) is 0 Å². The van der Waals surface area contributed by atoms with Gasteiger partial charge in [0.05, 0.1) is 5.69 Å². The quantitative estimate of drug-likeness (QED) is 0.658. The molecular weight excluding hydrogens is 380 g/mol. The molecule has 1 amide bonds. The van der Waals surface area contributed by atoms with Gasteiger partial charge in [-0.05, 0) is 49.9 Å². The second-order valence-corrected chi connectivity index (χ2v) is 8.45. The summed E-state index contributed by atoms with van der Waals surface area (Å²) in [7, 11) is 2.07. The topological polar surface area (TPSA) is 91.5 Å². The molecule has 156 valence electrons. The van der Waals surface area contributed by atoms with Gasteiger partial charge in [0.25, 0.3) is 5.91 Å². The number of nitrogens with one attached hydrogen (secondary N) is 1. The normalized spacial score (nSPS) is 17.2. The van der Waals surface area contributed by atoms with Crippen LogP contribution in [0, 0.1) is 0 Å². The van der Waals surface area contributed by atoms with E-state index in [1.165, 1.54) is 38.2 Å². The van der Waals surface area contributed by atoms with Crippen LogP contribution in [-0.2, 0) is 0 Å². The maximum absolute atomic E-state index is 12.2. The van der Waals surface area contributed by atoms with Gasteiger partial charge >= 0.3 is 0 Å². The number of anilines is 1. The number of hydrogen-bond acceptors (Lipinski definition) is 6. The summed E-state index contributed by atoms with van der Waals surface area (Å²) in [6.07, 6.45) is 8.25. The Morgan fingerprint density at radius 2 is 1.90 bits per heavy atom. The van der Waals surface area contributed by atoms with Crippen molar-refractivity contribution in [3.8, 4) is 17.0 Å². The molecule has 0 radical (unpaired) electrons. The van der Waals surface area contributed by atoms with Crippen LogP contribution in [0.2, 0.25) is 0 Å². The predicted octanol–water partition coefficient (Wildman–Crippen LogP) is 4.26. The SMILES string of the molecule is CN(c1ccc(-c2cc3cc(C(=O)NC4CC4)oc3cc2O)nn1)C1CCCCC1. The number of carbonyl (C=O) groups excluding carboxylic acids is 1. The fraction of sp³-hybridized carbons (Fsp3) is 0.435. The van der Waals surface area contributed by atoms with Crippen molar-refractivity contribution in [2.45, 2.75) is 57.0 Å². The van der Waals surface area contributed by atoms with Gasteiger partial charge in [-0.15, -0.1) is 10.2 Å². The molecule has 0 bridgehead atoms. The number of hydrogen-bond donors (Lipinski definition) is 2. The number of amides is 1. The first-order valence-corrected chi connectivity index (χ1v) is 10.7. The van der Waals surface area contributed by atoms with Gasteiger partial charge in [-0.1, -0.05) is 19.3 Å². The second-order valence-electron chi connectivity index (χ2n) is 8.45. The Bertz CT molecular complexity index is 1070. The third-order valence-corrected chi connectivity index (χ3v) is 6.18. The van der Waals surface area contributed by atoms with E-state index >= 15 is 0 Å². The number of phenols is 1. The molecule has 7 nitrogen and oxygen atoms in total. The van der Waals surface area contributed by atoms with Crippen LogP contribution in [0.25, 0.3) is 22.2 Å². The lowest BCUT2D eigenvalue weighted by molar-refractivity contribution is 0.0925. The fourth-order valence-corrected chi connectivity index (χ4v) is 4.19. The van der Waals surface area contributed by atoms with Crippen molar-refractivity contribution in [1.82, 2.24) is 15.5 Å². The van der Waals surface area contributed by atoms with Gasteiger partial charge < -0.3 is 19.7 Å². The molecule has 30 heavy (non-hydrogen) atoms. The molecule has 2 N–H and O–H groups in total. The van der Waals surface area contributed by atoms with Crippen molar-refractivity contribution in [3.63, 3.8) is 0 Å². The number of aromatic hydroxyl groups is 1. The minimum Gasteiger partial charge on any atom is -0.507 e. The average Bonchev–Trinajstić information content (AvgIpc) is 3.49. The summed E-state index contributed by atoms with van der Waals surface area (Å²) < 4.78 is 5.63. The molecule has 7 heteroatoms. The zero-order chi connectivity index (χ0) is 20.7. The molecule has 2 aromatic heterocycles. The van der Waals surface area contributed by atoms with Crippen molar-refractivity contribution in [2.24, 2.45) is 0 Å². The monoisotopic (exact) mass is 406 g/mol. The molecule has 0 saturated heterocycles. The van der Waals surface area contributed by atoms with Crippen molar-refractivity contribution < 1.29 is 14.3 Å². The molecule has 3 aromatic rings. The third kappa shape index (κ3) is 3.72. The first kappa shape index (κ1) is 18.9. The number of carbonyl (C=O) groups is 1. The number of rotatable bonds is 5. The summed E-state index contributed by atoms with van der Waals surface area (Å²) in [5.74, 6) is 0.927. The molecule has 0 spiro atoms. The number of benzene rings is 1. The van der Waals surface area contributed by atoms with Gasteiger partial charge in [-0.2, -0.15) is 0 Å². The summed E-state index contributed by atoms with van der Waals surface area (Å²) in [6, 6.07) is 9.62. The van der Waals surface area contributed by atoms with E-state index in [1.54, 1.807) is 12.1 Å². The van der Waals surface area contributed by atoms with E-state index in [1.807, 2.05) is 12.1 Å². The highest BCUT2D eigenvalue weighted by atomic mass is 16.3. The lowest BCUT2D eigenvalue weighted by Crippen LogP contribution is -2.34. The Balaban J connectivity index is 1.39. The molecule has 2 saturated carbocycles. The Morgan fingerprint density at radius 1 is 1.10 bits per heavy atom. The standard InChI is InChI=1S/C23H26N4O3/c1-27(16-5-3-2-4-6-16)22-10-9-18(25-26-22)17-11-14-12-21(23(29)24-15-7-8-15)30-20(14)13-19(17)28/h9-13,15-16,28H,2-8H2,1H3,(H,24,29). The number of nitrogens with zero attached hydrogens (tertiary/aromatic N) is 3. The van der Waals surface area contributed by atoms with E-state index in [-0.39, 0.29) is 23.5 Å². The number of fused-ring (bicyclic) bond motifs is 1. The van der Waals surface area contributed by atoms with Crippen LogP contribution in [0.3, 0.4) is 0 Å². The van der Waals surface area contributed by atoms with Crippen molar-refractivity contribution in [2.75, 3.05) is 11.9 Å². The van der Waals surface area contributed by atoms with Gasteiger partial charge in [0.15, 0.2) is 11.6 Å². The van der Waals surface area contributed by atoms with E-state index in [2.05, 4.69) is 27.5 Å². The lowest BCUT2D eigenvalue weighted by Gasteiger charge is -2.31. The van der Waals surface area contributed by atoms with Crippen molar-refractivity contribution >= 4 is 22.7 Å². The maximum atomic E-state index is 12.2. The highest BCUT2D eigenvalue weighted by Gasteiger charge is 2.25. The molecule has 0 unspecified atom stereocenters. The molecule has 0 atom stereocenters. The van der Waals surface area contributed by atoms with Crippen LogP contribution >= 0.6 is 0 Å². The van der Waals surface area contributed by atoms with Crippen LogP contribution in [0.15, 0.2) is 34.7 Å². The van der Waals surface area contributed by atoms with E-state index in [4.69, 9.17) is 4.42 Å². The van der Waals surface area contributed by atoms with E-state index in [0.717, 1.165) is 24.0 Å². The van der Waals surface area contributed by atoms with Gasteiger partial charge in [0.2, 0.25) is 0 Å².